The number of allylic oxidation sites excluding steroid dienone is 5. The van der Waals surface area contributed by atoms with Crippen molar-refractivity contribution in [3.05, 3.63) is 65.4 Å². The van der Waals surface area contributed by atoms with E-state index in [-0.39, 0.29) is 0 Å². The average molecular weight is 209 g/mol. The van der Waals surface area contributed by atoms with Crippen LogP contribution in [0.3, 0.4) is 0 Å². The second kappa shape index (κ2) is 4.75. The Bertz CT molecular complexity index is 487. The van der Waals surface area contributed by atoms with Crippen molar-refractivity contribution in [3.8, 4) is 0 Å². The van der Waals surface area contributed by atoms with Gasteiger partial charge in [-0.2, -0.15) is 0 Å². The third-order valence-corrected chi connectivity index (χ3v) is 2.44. The van der Waals surface area contributed by atoms with Crippen molar-refractivity contribution in [3.63, 3.8) is 0 Å². The van der Waals surface area contributed by atoms with Gasteiger partial charge in [-0.3, -0.25) is 4.99 Å². The molecule has 16 heavy (non-hydrogen) atoms. The molecule has 0 fully saturated rings. The molecular formula is C15H15N. The molecule has 0 N–H and O–H groups in total. The lowest BCUT2D eigenvalue weighted by atomic mass is 10.0. The molecule has 0 spiro atoms. The van der Waals surface area contributed by atoms with Crippen LogP contribution in [0.2, 0.25) is 0 Å². The van der Waals surface area contributed by atoms with E-state index in [0.717, 1.165) is 5.57 Å². The molecule has 1 heterocycles. The maximum absolute atomic E-state index is 4.30. The van der Waals surface area contributed by atoms with Gasteiger partial charge in [0.2, 0.25) is 0 Å². The minimum atomic E-state index is 1.15. The number of hydrogen-bond donors (Lipinski definition) is 0. The minimum Gasteiger partial charge on any atom is -0.264 e. The highest BCUT2D eigenvalue weighted by Gasteiger charge is 1.99. The van der Waals surface area contributed by atoms with Crippen LogP contribution in [0.15, 0.2) is 64.8 Å². The molecule has 1 aliphatic rings. The molecule has 0 saturated heterocycles. The third-order valence-electron chi connectivity index (χ3n) is 2.44. The average Bonchev–Trinajstić information content (AvgIpc) is 2.26. The van der Waals surface area contributed by atoms with Crippen LogP contribution in [0.5, 0.6) is 0 Å². The van der Waals surface area contributed by atoms with Gasteiger partial charge in [-0.1, -0.05) is 42.0 Å². The lowest BCUT2D eigenvalue weighted by Gasteiger charge is -2.05. The maximum Gasteiger partial charge on any atom is 0.0346 e. The molecule has 0 saturated carbocycles. The summed E-state index contributed by atoms with van der Waals surface area (Å²) in [5, 5.41) is 0. The van der Waals surface area contributed by atoms with E-state index in [2.05, 4.69) is 43.1 Å². The summed E-state index contributed by atoms with van der Waals surface area (Å²) in [6, 6.07) is 10.3. The summed E-state index contributed by atoms with van der Waals surface area (Å²) in [5.74, 6) is 0. The summed E-state index contributed by atoms with van der Waals surface area (Å²) in [7, 11) is 0. The molecular weight excluding hydrogens is 194 g/mol. The molecule has 0 amide bonds. The standard InChI is InChI=1S/C15H15N/c1-12-8-13(2)10-16-11-15(9-12)14-6-4-3-5-7-14/h3-11H,1-2H3/b12-8?,12-9?,13-8?,13-10?,15-9+,15-11?,16-10?,16-11?. The predicted molar refractivity (Wildman–Crippen MR) is 70.4 cm³/mol. The van der Waals surface area contributed by atoms with Crippen molar-refractivity contribution in [1.29, 1.82) is 0 Å². The van der Waals surface area contributed by atoms with Gasteiger partial charge in [0, 0.05) is 18.0 Å². The molecule has 1 aliphatic heterocycles. The van der Waals surface area contributed by atoms with Crippen LogP contribution in [0, 0.1) is 0 Å². The fourth-order valence-electron chi connectivity index (χ4n) is 1.74. The third kappa shape index (κ3) is 2.57. The van der Waals surface area contributed by atoms with Gasteiger partial charge < -0.3 is 0 Å². The summed E-state index contributed by atoms with van der Waals surface area (Å²) in [6.07, 6.45) is 8.10. The van der Waals surface area contributed by atoms with Crippen molar-refractivity contribution in [2.24, 2.45) is 4.99 Å². The minimum absolute atomic E-state index is 1.15. The van der Waals surface area contributed by atoms with Gasteiger partial charge in [-0.05, 0) is 31.1 Å². The van der Waals surface area contributed by atoms with Gasteiger partial charge in [-0.15, -0.1) is 0 Å². The Labute approximate surface area is 96.5 Å². The fourth-order valence-corrected chi connectivity index (χ4v) is 1.74. The molecule has 0 bridgehead atoms. The largest absolute Gasteiger partial charge is 0.264 e. The fraction of sp³-hybridized carbons (Fsp3) is 0.133. The van der Waals surface area contributed by atoms with Crippen molar-refractivity contribution in [1.82, 2.24) is 0 Å². The molecule has 1 aromatic carbocycles. The van der Waals surface area contributed by atoms with Crippen LogP contribution in [-0.2, 0) is 0 Å². The molecule has 0 aliphatic carbocycles. The van der Waals surface area contributed by atoms with E-state index in [9.17, 15) is 0 Å². The van der Waals surface area contributed by atoms with E-state index in [4.69, 9.17) is 0 Å². The molecule has 1 aromatic rings. The van der Waals surface area contributed by atoms with E-state index >= 15 is 0 Å². The SMILES string of the molecule is CC1=CN=C/C(c2ccccc2)=C\C(C)=C1. The van der Waals surface area contributed by atoms with Gasteiger partial charge >= 0.3 is 0 Å². The first-order valence-electron chi connectivity index (χ1n) is 5.41. The Morgan fingerprint density at radius 1 is 0.875 bits per heavy atom. The summed E-state index contributed by atoms with van der Waals surface area (Å²) in [5.41, 5.74) is 4.78. The van der Waals surface area contributed by atoms with Gasteiger partial charge in [0.25, 0.3) is 0 Å². The summed E-state index contributed by atoms with van der Waals surface area (Å²) < 4.78 is 0. The molecule has 1 nitrogen and oxygen atoms in total. The molecule has 0 aromatic heterocycles. The van der Waals surface area contributed by atoms with Crippen LogP contribution in [0.1, 0.15) is 19.4 Å². The molecule has 2 rings (SSSR count). The zero-order valence-electron chi connectivity index (χ0n) is 9.64. The highest BCUT2D eigenvalue weighted by molar-refractivity contribution is 6.10. The normalized spacial score (nSPS) is 19.0. The van der Waals surface area contributed by atoms with Crippen molar-refractivity contribution < 1.29 is 0 Å². The van der Waals surface area contributed by atoms with E-state index in [0.29, 0.717) is 0 Å². The summed E-state index contributed by atoms with van der Waals surface area (Å²) in [6.45, 7) is 4.17. The van der Waals surface area contributed by atoms with E-state index in [1.54, 1.807) is 0 Å². The Morgan fingerprint density at radius 2 is 1.62 bits per heavy atom. The van der Waals surface area contributed by atoms with Crippen LogP contribution in [-0.4, -0.2) is 6.21 Å². The van der Waals surface area contributed by atoms with Crippen molar-refractivity contribution in [2.75, 3.05) is 0 Å². The zero-order chi connectivity index (χ0) is 11.4. The first-order chi connectivity index (χ1) is 7.75. The molecule has 0 radical (unpaired) electrons. The second-order valence-electron chi connectivity index (χ2n) is 4.01. The number of nitrogens with zero attached hydrogens (tertiary/aromatic N) is 1. The van der Waals surface area contributed by atoms with E-state index < -0.39 is 0 Å². The van der Waals surface area contributed by atoms with Crippen LogP contribution < -0.4 is 0 Å². The highest BCUT2D eigenvalue weighted by Crippen LogP contribution is 2.17. The van der Waals surface area contributed by atoms with Crippen LogP contribution >= 0.6 is 0 Å². The van der Waals surface area contributed by atoms with E-state index in [1.165, 1.54) is 16.7 Å². The van der Waals surface area contributed by atoms with Gasteiger partial charge in [0.1, 0.15) is 0 Å². The number of hydrogen-bond acceptors (Lipinski definition) is 1. The van der Waals surface area contributed by atoms with Gasteiger partial charge in [-0.25, -0.2) is 0 Å². The Hall–Kier alpha value is -1.89. The lowest BCUT2D eigenvalue weighted by molar-refractivity contribution is 1.38. The van der Waals surface area contributed by atoms with Gasteiger partial charge in [0.05, 0.1) is 0 Å². The number of aliphatic imine (C=N–C) groups is 1. The summed E-state index contributed by atoms with van der Waals surface area (Å²) >= 11 is 0. The second-order valence-corrected chi connectivity index (χ2v) is 4.01. The first kappa shape index (κ1) is 10.6. The monoisotopic (exact) mass is 209 g/mol. The predicted octanol–water partition coefficient (Wildman–Crippen LogP) is 4.00. The quantitative estimate of drug-likeness (QED) is 0.662. The smallest absolute Gasteiger partial charge is 0.0346 e. The van der Waals surface area contributed by atoms with Gasteiger partial charge in [0.15, 0.2) is 0 Å². The maximum atomic E-state index is 4.30. The number of benzene rings is 1. The van der Waals surface area contributed by atoms with Crippen LogP contribution in [0.4, 0.5) is 0 Å². The summed E-state index contributed by atoms with van der Waals surface area (Å²) in [4.78, 5) is 4.30. The topological polar surface area (TPSA) is 12.4 Å². The molecule has 0 atom stereocenters. The Kier molecular flexibility index (Phi) is 3.16. The first-order valence-corrected chi connectivity index (χ1v) is 5.41. The van der Waals surface area contributed by atoms with Crippen molar-refractivity contribution >= 4 is 11.8 Å². The molecule has 1 heteroatoms. The zero-order valence-corrected chi connectivity index (χ0v) is 9.64. The lowest BCUT2D eigenvalue weighted by Crippen LogP contribution is -1.88. The van der Waals surface area contributed by atoms with E-state index in [1.807, 2.05) is 30.6 Å². The highest BCUT2D eigenvalue weighted by atomic mass is 14.7. The molecule has 0 unspecified atom stereocenters. The van der Waals surface area contributed by atoms with Crippen LogP contribution in [0.25, 0.3) is 5.57 Å². The van der Waals surface area contributed by atoms with Crippen molar-refractivity contribution in [2.45, 2.75) is 13.8 Å². The Morgan fingerprint density at radius 3 is 2.38 bits per heavy atom. The molecule has 80 valence electrons. The Balaban J connectivity index is 2.40. The number of rotatable bonds is 1.